The molecule has 23 heavy (non-hydrogen) atoms. The second-order valence-corrected chi connectivity index (χ2v) is 6.83. The molecular weight excluding hydrogens is 316 g/mol. The maximum atomic E-state index is 12.0. The Hall–Kier alpha value is -2.16. The van der Waals surface area contributed by atoms with Gasteiger partial charge in [0.25, 0.3) is 5.56 Å². The number of urea groups is 1. The van der Waals surface area contributed by atoms with E-state index in [1.54, 1.807) is 4.52 Å². The van der Waals surface area contributed by atoms with Crippen LogP contribution in [-0.2, 0) is 0 Å². The Labute approximate surface area is 137 Å². The number of aryl methyl sites for hydroxylation is 1. The number of hydrogen-bond acceptors (Lipinski definition) is 6. The van der Waals surface area contributed by atoms with Crippen LogP contribution in [0.1, 0.15) is 19.5 Å². The van der Waals surface area contributed by atoms with Gasteiger partial charge in [-0.1, -0.05) is 11.3 Å². The molecule has 0 atom stereocenters. The molecule has 3 heterocycles. The quantitative estimate of drug-likeness (QED) is 0.873. The molecule has 2 amide bonds. The van der Waals surface area contributed by atoms with Gasteiger partial charge in [0.1, 0.15) is 0 Å². The second kappa shape index (κ2) is 6.15. The van der Waals surface area contributed by atoms with E-state index >= 15 is 0 Å². The standard InChI is InChI=1S/C14H20N6O2S/c1-9(2)15-12(22)18-4-6-19(7-5-18)14-17-20-10(3)8-11(21)16-13(20)23-14/h8-9H,4-7H2,1-3H3,(H,15,22). The summed E-state index contributed by atoms with van der Waals surface area (Å²) in [5, 5.41) is 8.27. The third-order valence-corrected chi connectivity index (χ3v) is 4.64. The summed E-state index contributed by atoms with van der Waals surface area (Å²) in [6, 6.07) is 1.59. The molecule has 0 bridgehead atoms. The maximum absolute atomic E-state index is 12.0. The van der Waals surface area contributed by atoms with Crippen LogP contribution in [-0.4, -0.2) is 57.7 Å². The lowest BCUT2D eigenvalue weighted by molar-refractivity contribution is 0.192. The molecule has 0 aromatic carbocycles. The third kappa shape index (κ3) is 3.29. The number of carbonyl (C=O) groups is 1. The fourth-order valence-electron chi connectivity index (χ4n) is 2.51. The first-order valence-electron chi connectivity index (χ1n) is 7.62. The van der Waals surface area contributed by atoms with Crippen LogP contribution in [0.3, 0.4) is 0 Å². The lowest BCUT2D eigenvalue weighted by Gasteiger charge is -2.34. The van der Waals surface area contributed by atoms with E-state index in [4.69, 9.17) is 0 Å². The van der Waals surface area contributed by atoms with Gasteiger partial charge in [0.2, 0.25) is 10.1 Å². The van der Waals surface area contributed by atoms with E-state index < -0.39 is 0 Å². The van der Waals surface area contributed by atoms with Crippen LogP contribution in [0.25, 0.3) is 4.96 Å². The summed E-state index contributed by atoms with van der Waals surface area (Å²) >= 11 is 1.40. The van der Waals surface area contributed by atoms with Gasteiger partial charge >= 0.3 is 6.03 Å². The Morgan fingerprint density at radius 3 is 2.65 bits per heavy atom. The Bertz CT molecular complexity index is 775. The lowest BCUT2D eigenvalue weighted by Crippen LogP contribution is -2.52. The van der Waals surface area contributed by atoms with Gasteiger partial charge in [-0.25, -0.2) is 9.31 Å². The molecule has 0 saturated carbocycles. The molecule has 2 aromatic rings. The van der Waals surface area contributed by atoms with Crippen molar-refractivity contribution in [1.29, 1.82) is 0 Å². The van der Waals surface area contributed by atoms with E-state index in [0.29, 0.717) is 18.1 Å². The topological polar surface area (TPSA) is 82.8 Å². The normalized spacial score (nSPS) is 15.5. The van der Waals surface area contributed by atoms with E-state index in [9.17, 15) is 9.59 Å². The molecule has 8 nitrogen and oxygen atoms in total. The molecule has 1 aliphatic heterocycles. The Morgan fingerprint density at radius 1 is 1.30 bits per heavy atom. The van der Waals surface area contributed by atoms with E-state index in [-0.39, 0.29) is 17.6 Å². The van der Waals surface area contributed by atoms with Crippen LogP contribution in [0.5, 0.6) is 0 Å². The number of anilines is 1. The molecule has 124 valence electrons. The number of piperazine rings is 1. The molecule has 0 radical (unpaired) electrons. The number of rotatable bonds is 2. The molecule has 9 heteroatoms. The fraction of sp³-hybridized carbons (Fsp3) is 0.571. The Morgan fingerprint density at radius 2 is 2.00 bits per heavy atom. The van der Waals surface area contributed by atoms with Gasteiger partial charge in [-0.05, 0) is 20.8 Å². The number of aromatic nitrogens is 3. The highest BCUT2D eigenvalue weighted by molar-refractivity contribution is 7.20. The zero-order valence-corrected chi connectivity index (χ0v) is 14.3. The molecule has 0 unspecified atom stereocenters. The van der Waals surface area contributed by atoms with Crippen LogP contribution in [0.2, 0.25) is 0 Å². The van der Waals surface area contributed by atoms with E-state index in [1.165, 1.54) is 17.4 Å². The van der Waals surface area contributed by atoms with E-state index in [1.807, 2.05) is 25.7 Å². The number of nitrogens with zero attached hydrogens (tertiary/aromatic N) is 5. The van der Waals surface area contributed by atoms with Gasteiger partial charge in [0.05, 0.1) is 0 Å². The summed E-state index contributed by atoms with van der Waals surface area (Å²) in [5.74, 6) is 0. The molecule has 1 saturated heterocycles. The summed E-state index contributed by atoms with van der Waals surface area (Å²) in [4.78, 5) is 32.0. The SMILES string of the molecule is Cc1cc(=O)nc2sc(N3CCN(C(=O)NC(C)C)CC3)nn12. The first kappa shape index (κ1) is 15.7. The highest BCUT2D eigenvalue weighted by Crippen LogP contribution is 2.23. The Kier molecular flexibility index (Phi) is 4.20. The van der Waals surface area contributed by atoms with Crippen LogP contribution in [0.4, 0.5) is 9.93 Å². The molecule has 1 aliphatic rings. The predicted molar refractivity (Wildman–Crippen MR) is 89.3 cm³/mol. The van der Waals surface area contributed by atoms with E-state index in [0.717, 1.165) is 23.9 Å². The van der Waals surface area contributed by atoms with Crippen molar-refractivity contribution in [3.05, 3.63) is 22.1 Å². The van der Waals surface area contributed by atoms with Crippen molar-refractivity contribution in [2.24, 2.45) is 0 Å². The summed E-state index contributed by atoms with van der Waals surface area (Å²) < 4.78 is 1.69. The number of fused-ring (bicyclic) bond motifs is 1. The van der Waals surface area contributed by atoms with Crippen molar-refractivity contribution in [3.63, 3.8) is 0 Å². The van der Waals surface area contributed by atoms with Crippen molar-refractivity contribution in [3.8, 4) is 0 Å². The average Bonchev–Trinajstić information content (AvgIpc) is 2.91. The molecule has 2 aromatic heterocycles. The minimum absolute atomic E-state index is 0.0215. The largest absolute Gasteiger partial charge is 0.343 e. The minimum Gasteiger partial charge on any atom is -0.343 e. The number of hydrogen-bond donors (Lipinski definition) is 1. The monoisotopic (exact) mass is 336 g/mol. The van der Waals surface area contributed by atoms with Crippen molar-refractivity contribution < 1.29 is 4.79 Å². The summed E-state index contributed by atoms with van der Waals surface area (Å²) in [7, 11) is 0. The molecular formula is C14H20N6O2S. The van der Waals surface area contributed by atoms with Crippen LogP contribution in [0.15, 0.2) is 10.9 Å². The average molecular weight is 336 g/mol. The minimum atomic E-state index is -0.243. The van der Waals surface area contributed by atoms with Gasteiger partial charge in [0.15, 0.2) is 0 Å². The maximum Gasteiger partial charge on any atom is 0.317 e. The van der Waals surface area contributed by atoms with Crippen molar-refractivity contribution >= 4 is 27.5 Å². The van der Waals surface area contributed by atoms with Crippen LogP contribution in [0, 0.1) is 6.92 Å². The second-order valence-electron chi connectivity index (χ2n) is 5.89. The Balaban J connectivity index is 1.72. The van der Waals surface area contributed by atoms with Gasteiger partial charge in [-0.15, -0.1) is 5.10 Å². The zero-order valence-electron chi connectivity index (χ0n) is 13.4. The first-order chi connectivity index (χ1) is 10.9. The molecule has 1 fully saturated rings. The third-order valence-electron chi connectivity index (χ3n) is 3.67. The molecule has 0 aliphatic carbocycles. The lowest BCUT2D eigenvalue weighted by atomic mass is 10.3. The van der Waals surface area contributed by atoms with E-state index in [2.05, 4.69) is 20.3 Å². The predicted octanol–water partition coefficient (Wildman–Crippen LogP) is 0.699. The van der Waals surface area contributed by atoms with Crippen LogP contribution < -0.4 is 15.8 Å². The van der Waals surface area contributed by atoms with Gasteiger partial charge in [0, 0.05) is 44.0 Å². The smallest absolute Gasteiger partial charge is 0.317 e. The summed E-state index contributed by atoms with van der Waals surface area (Å²) in [6.45, 7) is 8.48. The van der Waals surface area contributed by atoms with Crippen molar-refractivity contribution in [2.45, 2.75) is 26.8 Å². The van der Waals surface area contributed by atoms with Gasteiger partial charge in [-0.2, -0.15) is 4.98 Å². The number of amides is 2. The summed E-state index contributed by atoms with van der Waals surface area (Å²) in [5.41, 5.74) is 0.533. The number of carbonyl (C=O) groups excluding carboxylic acids is 1. The number of nitrogens with one attached hydrogen (secondary N) is 1. The zero-order chi connectivity index (χ0) is 16.6. The first-order valence-corrected chi connectivity index (χ1v) is 8.43. The highest BCUT2D eigenvalue weighted by Gasteiger charge is 2.23. The van der Waals surface area contributed by atoms with Gasteiger partial charge < -0.3 is 15.1 Å². The van der Waals surface area contributed by atoms with Crippen molar-refractivity contribution in [2.75, 3.05) is 31.1 Å². The molecule has 1 N–H and O–H groups in total. The van der Waals surface area contributed by atoms with Crippen molar-refractivity contribution in [1.82, 2.24) is 24.8 Å². The van der Waals surface area contributed by atoms with Gasteiger partial charge in [-0.3, -0.25) is 4.79 Å². The molecule has 0 spiro atoms. The van der Waals surface area contributed by atoms with Crippen LogP contribution >= 0.6 is 11.3 Å². The summed E-state index contributed by atoms with van der Waals surface area (Å²) in [6.07, 6.45) is 0. The highest BCUT2D eigenvalue weighted by atomic mass is 32.1. The molecule has 3 rings (SSSR count). The fourth-order valence-corrected chi connectivity index (χ4v) is 3.51.